The molecular weight excluding hydrogens is 442 g/mol. The third-order valence-electron chi connectivity index (χ3n) is 6.73. The van der Waals surface area contributed by atoms with Crippen molar-refractivity contribution in [3.05, 3.63) is 66.4 Å². The number of likely N-dealkylation sites (tertiary alicyclic amines) is 1. The Morgan fingerprint density at radius 2 is 1.85 bits per heavy atom. The maximum absolute atomic E-state index is 12.7. The van der Waals surface area contributed by atoms with E-state index < -0.39 is 0 Å². The van der Waals surface area contributed by atoms with Crippen LogP contribution in [0, 0.1) is 0 Å². The van der Waals surface area contributed by atoms with Gasteiger partial charge in [0.15, 0.2) is 0 Å². The Morgan fingerprint density at radius 3 is 2.53 bits per heavy atom. The summed E-state index contributed by atoms with van der Waals surface area (Å²) in [4.78, 5) is 16.4. The van der Waals surface area contributed by atoms with E-state index in [1.165, 1.54) is 17.7 Å². The standard InChI is InChI=1S/C28H35N3O2S/c1-4-30-19-5-6-24(30)20-29-28(32)18-12-23-11-17-27(21-7-13-25(33-2)14-8-21)31(23)22-9-15-26(34-3)16-10-22/h7-11,13-17,24H,4-6,12,18-20H2,1-3H3,(H,29,32)/t24-/m1/s1. The summed E-state index contributed by atoms with van der Waals surface area (Å²) in [6.45, 7) is 5.15. The fourth-order valence-corrected chi connectivity index (χ4v) is 5.21. The van der Waals surface area contributed by atoms with Gasteiger partial charge in [0, 0.05) is 35.3 Å². The lowest BCUT2D eigenvalue weighted by molar-refractivity contribution is -0.121. The topological polar surface area (TPSA) is 46.5 Å². The highest BCUT2D eigenvalue weighted by atomic mass is 32.2. The molecule has 1 amide bonds. The molecule has 1 fully saturated rings. The highest BCUT2D eigenvalue weighted by Crippen LogP contribution is 2.30. The number of carbonyl (C=O) groups excluding carboxylic acids is 1. The van der Waals surface area contributed by atoms with Crippen LogP contribution in [0.2, 0.25) is 0 Å². The van der Waals surface area contributed by atoms with Crippen LogP contribution in [-0.4, -0.2) is 54.4 Å². The van der Waals surface area contributed by atoms with E-state index in [9.17, 15) is 4.79 Å². The van der Waals surface area contributed by atoms with Gasteiger partial charge in [-0.25, -0.2) is 0 Å². The summed E-state index contributed by atoms with van der Waals surface area (Å²) in [6.07, 6.45) is 5.66. The van der Waals surface area contributed by atoms with Gasteiger partial charge in [0.05, 0.1) is 12.8 Å². The quantitative estimate of drug-likeness (QED) is 0.397. The number of aryl methyl sites for hydroxylation is 1. The van der Waals surface area contributed by atoms with E-state index in [2.05, 4.69) is 76.5 Å². The maximum atomic E-state index is 12.7. The van der Waals surface area contributed by atoms with Crippen molar-refractivity contribution < 1.29 is 9.53 Å². The lowest BCUT2D eigenvalue weighted by atomic mass is 10.1. The van der Waals surface area contributed by atoms with E-state index in [4.69, 9.17) is 4.74 Å². The Bertz CT molecular complexity index is 1080. The predicted molar refractivity (Wildman–Crippen MR) is 141 cm³/mol. The molecule has 6 heteroatoms. The first-order chi connectivity index (χ1) is 16.6. The van der Waals surface area contributed by atoms with Crippen molar-refractivity contribution in [3.63, 3.8) is 0 Å². The number of carbonyl (C=O) groups is 1. The number of rotatable bonds is 10. The molecule has 180 valence electrons. The molecule has 1 aliphatic heterocycles. The molecule has 34 heavy (non-hydrogen) atoms. The van der Waals surface area contributed by atoms with Gasteiger partial charge in [0.1, 0.15) is 5.75 Å². The molecule has 0 aliphatic carbocycles. The largest absolute Gasteiger partial charge is 0.497 e. The Hall–Kier alpha value is -2.70. The SMILES string of the molecule is CCN1CCC[C@@H]1CNC(=O)CCc1ccc(-c2ccc(OC)cc2)n1-c1ccc(SC)cc1. The van der Waals surface area contributed by atoms with Gasteiger partial charge in [-0.15, -0.1) is 11.8 Å². The molecule has 0 radical (unpaired) electrons. The van der Waals surface area contributed by atoms with Crippen LogP contribution in [0.25, 0.3) is 16.9 Å². The summed E-state index contributed by atoms with van der Waals surface area (Å²) < 4.78 is 7.61. The van der Waals surface area contributed by atoms with Crippen LogP contribution < -0.4 is 10.1 Å². The highest BCUT2D eigenvalue weighted by Gasteiger charge is 2.23. The van der Waals surface area contributed by atoms with Crippen LogP contribution >= 0.6 is 11.8 Å². The first-order valence-electron chi connectivity index (χ1n) is 12.1. The number of likely N-dealkylation sites (N-methyl/N-ethyl adjacent to an activating group) is 1. The molecule has 1 atom stereocenters. The van der Waals surface area contributed by atoms with E-state index in [1.807, 2.05) is 12.1 Å². The van der Waals surface area contributed by atoms with E-state index in [0.717, 1.165) is 48.0 Å². The number of hydrogen-bond donors (Lipinski definition) is 1. The molecule has 5 nitrogen and oxygen atoms in total. The number of methoxy groups -OCH3 is 1. The van der Waals surface area contributed by atoms with Crippen LogP contribution in [0.4, 0.5) is 0 Å². The van der Waals surface area contributed by atoms with Crippen LogP contribution in [0.1, 0.15) is 31.9 Å². The van der Waals surface area contributed by atoms with Crippen molar-refractivity contribution in [1.29, 1.82) is 0 Å². The molecule has 1 aliphatic rings. The normalized spacial score (nSPS) is 16.0. The summed E-state index contributed by atoms with van der Waals surface area (Å²) in [5, 5.41) is 3.18. The fourth-order valence-electron chi connectivity index (χ4n) is 4.80. The van der Waals surface area contributed by atoms with Crippen LogP contribution in [-0.2, 0) is 11.2 Å². The second kappa shape index (κ2) is 11.6. The molecule has 1 N–H and O–H groups in total. The third-order valence-corrected chi connectivity index (χ3v) is 7.47. The first-order valence-corrected chi connectivity index (χ1v) is 13.4. The van der Waals surface area contributed by atoms with Crippen molar-refractivity contribution in [3.8, 4) is 22.7 Å². The summed E-state index contributed by atoms with van der Waals surface area (Å²) in [6, 6.07) is 21.5. The average molecular weight is 478 g/mol. The van der Waals surface area contributed by atoms with Gasteiger partial charge >= 0.3 is 0 Å². The van der Waals surface area contributed by atoms with Crippen LogP contribution in [0.3, 0.4) is 0 Å². The van der Waals surface area contributed by atoms with Crippen molar-refractivity contribution in [2.24, 2.45) is 0 Å². The fraction of sp³-hybridized carbons (Fsp3) is 0.393. The Balaban J connectivity index is 1.51. The average Bonchev–Trinajstić information content (AvgIpc) is 3.53. The lowest BCUT2D eigenvalue weighted by Gasteiger charge is -2.22. The van der Waals surface area contributed by atoms with E-state index in [0.29, 0.717) is 18.9 Å². The third kappa shape index (κ3) is 5.68. The molecule has 0 saturated carbocycles. The minimum atomic E-state index is 0.124. The smallest absolute Gasteiger partial charge is 0.220 e. The molecule has 3 aromatic rings. The van der Waals surface area contributed by atoms with Gasteiger partial charge in [-0.1, -0.05) is 6.92 Å². The number of amides is 1. The number of thioether (sulfide) groups is 1. The number of aromatic nitrogens is 1. The van der Waals surface area contributed by atoms with Gasteiger partial charge < -0.3 is 14.6 Å². The second-order valence-corrected chi connectivity index (χ2v) is 9.58. The van der Waals surface area contributed by atoms with E-state index >= 15 is 0 Å². The zero-order valence-corrected chi connectivity index (χ0v) is 21.2. The second-order valence-electron chi connectivity index (χ2n) is 8.70. The molecule has 1 saturated heterocycles. The molecule has 0 spiro atoms. The number of nitrogens with zero attached hydrogens (tertiary/aromatic N) is 2. The molecule has 2 heterocycles. The van der Waals surface area contributed by atoms with E-state index in [-0.39, 0.29) is 5.91 Å². The van der Waals surface area contributed by atoms with Gasteiger partial charge in [-0.05, 0) is 105 Å². The summed E-state index contributed by atoms with van der Waals surface area (Å²) >= 11 is 1.74. The number of benzene rings is 2. The molecule has 0 unspecified atom stereocenters. The first kappa shape index (κ1) is 24.4. The number of ether oxygens (including phenoxy) is 1. The van der Waals surface area contributed by atoms with Crippen LogP contribution in [0.5, 0.6) is 5.75 Å². The highest BCUT2D eigenvalue weighted by molar-refractivity contribution is 7.98. The molecular formula is C28H35N3O2S. The van der Waals surface area contributed by atoms with Crippen molar-refractivity contribution in [2.45, 2.75) is 43.5 Å². The van der Waals surface area contributed by atoms with Gasteiger partial charge in [-0.3, -0.25) is 9.69 Å². The lowest BCUT2D eigenvalue weighted by Crippen LogP contribution is -2.40. The summed E-state index contributed by atoms with van der Waals surface area (Å²) in [7, 11) is 1.68. The van der Waals surface area contributed by atoms with Crippen molar-refractivity contribution in [1.82, 2.24) is 14.8 Å². The zero-order chi connectivity index (χ0) is 23.9. The van der Waals surface area contributed by atoms with E-state index in [1.54, 1.807) is 18.9 Å². The molecule has 1 aromatic heterocycles. The molecule has 0 bridgehead atoms. The Kier molecular flexibility index (Phi) is 8.35. The minimum absolute atomic E-state index is 0.124. The Labute approximate surface area is 207 Å². The summed E-state index contributed by atoms with van der Waals surface area (Å²) in [5.74, 6) is 0.964. The molecule has 2 aromatic carbocycles. The summed E-state index contributed by atoms with van der Waals surface area (Å²) in [5.41, 5.74) is 4.47. The monoisotopic (exact) mass is 477 g/mol. The predicted octanol–water partition coefficient (Wildman–Crippen LogP) is 5.41. The van der Waals surface area contributed by atoms with Gasteiger partial charge in [0.25, 0.3) is 0 Å². The van der Waals surface area contributed by atoms with Crippen LogP contribution in [0.15, 0.2) is 65.6 Å². The Morgan fingerprint density at radius 1 is 1.09 bits per heavy atom. The number of hydrogen-bond acceptors (Lipinski definition) is 4. The molecule has 4 rings (SSSR count). The van der Waals surface area contributed by atoms with Gasteiger partial charge in [-0.2, -0.15) is 0 Å². The minimum Gasteiger partial charge on any atom is -0.497 e. The van der Waals surface area contributed by atoms with Crippen molar-refractivity contribution >= 4 is 17.7 Å². The number of nitrogens with one attached hydrogen (secondary N) is 1. The van der Waals surface area contributed by atoms with Crippen molar-refractivity contribution in [2.75, 3.05) is 33.0 Å². The van der Waals surface area contributed by atoms with Gasteiger partial charge in [0.2, 0.25) is 5.91 Å². The maximum Gasteiger partial charge on any atom is 0.220 e. The zero-order valence-electron chi connectivity index (χ0n) is 20.4.